The second-order valence-corrected chi connectivity index (χ2v) is 4.15. The fourth-order valence-corrected chi connectivity index (χ4v) is 1.70. The van der Waals surface area contributed by atoms with Crippen LogP contribution in [0.3, 0.4) is 0 Å². The van der Waals surface area contributed by atoms with E-state index in [0.717, 1.165) is 18.7 Å². The molecule has 2 aromatic rings. The minimum absolute atomic E-state index is 0.189. The van der Waals surface area contributed by atoms with Crippen molar-refractivity contribution in [2.75, 3.05) is 11.9 Å². The number of carbonyl (C=O) groups is 1. The summed E-state index contributed by atoms with van der Waals surface area (Å²) in [6, 6.07) is 3.51. The van der Waals surface area contributed by atoms with Crippen LogP contribution in [0.25, 0.3) is 0 Å². The van der Waals surface area contributed by atoms with E-state index in [1.54, 1.807) is 12.1 Å². The first kappa shape index (κ1) is 14.0. The van der Waals surface area contributed by atoms with Gasteiger partial charge in [-0.1, -0.05) is 12.1 Å². The molecule has 0 aliphatic rings. The topological polar surface area (TPSA) is 92.9 Å². The van der Waals surface area contributed by atoms with E-state index in [-0.39, 0.29) is 12.5 Å². The summed E-state index contributed by atoms with van der Waals surface area (Å²) in [7, 11) is 0. The van der Waals surface area contributed by atoms with Crippen LogP contribution >= 0.6 is 0 Å². The molecule has 7 heteroatoms. The molecule has 7 nitrogen and oxygen atoms in total. The molecule has 2 aromatic heterocycles. The van der Waals surface area contributed by atoms with Gasteiger partial charge in [-0.15, -0.1) is 0 Å². The summed E-state index contributed by atoms with van der Waals surface area (Å²) < 4.78 is 4.61. The summed E-state index contributed by atoms with van der Waals surface area (Å²) in [4.78, 5) is 20.4. The predicted molar refractivity (Wildman–Crippen MR) is 73.2 cm³/mol. The highest BCUT2D eigenvalue weighted by Gasteiger charge is 2.10. The van der Waals surface area contributed by atoms with Gasteiger partial charge in [-0.2, -0.15) is 4.98 Å². The molecule has 2 N–H and O–H groups in total. The van der Waals surface area contributed by atoms with Crippen LogP contribution in [0.4, 0.5) is 5.82 Å². The Kier molecular flexibility index (Phi) is 4.65. The summed E-state index contributed by atoms with van der Waals surface area (Å²) in [5, 5.41) is 9.50. The fourth-order valence-electron chi connectivity index (χ4n) is 1.70. The maximum atomic E-state index is 12.1. The van der Waals surface area contributed by atoms with Gasteiger partial charge < -0.3 is 15.2 Å². The molecule has 2 heterocycles. The first-order valence-electron chi connectivity index (χ1n) is 6.51. The lowest BCUT2D eigenvalue weighted by Crippen LogP contribution is -2.24. The summed E-state index contributed by atoms with van der Waals surface area (Å²) in [6.07, 6.45) is 2.00. The number of nitrogens with zero attached hydrogens (tertiary/aromatic N) is 3. The van der Waals surface area contributed by atoms with Gasteiger partial charge in [0, 0.05) is 17.8 Å². The molecule has 0 fully saturated rings. The van der Waals surface area contributed by atoms with Gasteiger partial charge in [0.15, 0.2) is 5.82 Å². The minimum Gasteiger partial charge on any atom is -0.370 e. The standard InChI is InChI=1S/C13H17N5O2/c1-3-10-5-9(6-11(17-10)14-4-2)13(19)15-7-12-16-8-20-18-12/h5-6,8H,3-4,7H2,1-2H3,(H,14,17)(H,15,19). The van der Waals surface area contributed by atoms with Gasteiger partial charge in [0.2, 0.25) is 6.39 Å². The summed E-state index contributed by atoms with van der Waals surface area (Å²) >= 11 is 0. The van der Waals surface area contributed by atoms with Crippen LogP contribution in [0.2, 0.25) is 0 Å². The van der Waals surface area contributed by atoms with Crippen molar-refractivity contribution in [3.8, 4) is 0 Å². The summed E-state index contributed by atoms with van der Waals surface area (Å²) in [5.74, 6) is 0.956. The van der Waals surface area contributed by atoms with Crippen LogP contribution in [0.5, 0.6) is 0 Å². The highest BCUT2D eigenvalue weighted by Crippen LogP contribution is 2.11. The number of anilines is 1. The molecule has 106 valence electrons. The Labute approximate surface area is 116 Å². The molecule has 0 aliphatic carbocycles. The molecule has 0 atom stereocenters. The van der Waals surface area contributed by atoms with Crippen molar-refractivity contribution in [1.82, 2.24) is 20.4 Å². The Morgan fingerprint density at radius 2 is 2.20 bits per heavy atom. The lowest BCUT2D eigenvalue weighted by atomic mass is 10.2. The maximum absolute atomic E-state index is 12.1. The Morgan fingerprint density at radius 3 is 2.85 bits per heavy atom. The van der Waals surface area contributed by atoms with Crippen LogP contribution < -0.4 is 10.6 Å². The van der Waals surface area contributed by atoms with Crippen molar-refractivity contribution < 1.29 is 9.32 Å². The molecule has 20 heavy (non-hydrogen) atoms. The minimum atomic E-state index is -0.189. The van der Waals surface area contributed by atoms with Gasteiger partial charge in [0.25, 0.3) is 5.91 Å². The third kappa shape index (κ3) is 3.53. The Balaban J connectivity index is 2.09. The first-order valence-corrected chi connectivity index (χ1v) is 6.51. The van der Waals surface area contributed by atoms with E-state index in [0.29, 0.717) is 17.2 Å². The largest absolute Gasteiger partial charge is 0.370 e. The molecule has 0 unspecified atom stereocenters. The molecular weight excluding hydrogens is 258 g/mol. The Bertz CT molecular complexity index is 568. The SMILES string of the molecule is CCNc1cc(C(=O)NCc2ncon2)cc(CC)n1. The smallest absolute Gasteiger partial charge is 0.251 e. The van der Waals surface area contributed by atoms with E-state index in [2.05, 4.69) is 30.3 Å². The number of pyridine rings is 1. The quantitative estimate of drug-likeness (QED) is 0.827. The van der Waals surface area contributed by atoms with Crippen molar-refractivity contribution in [3.63, 3.8) is 0 Å². The molecule has 1 amide bonds. The Hall–Kier alpha value is -2.44. The van der Waals surface area contributed by atoms with E-state index < -0.39 is 0 Å². The van der Waals surface area contributed by atoms with E-state index in [9.17, 15) is 4.79 Å². The molecule has 0 bridgehead atoms. The number of nitrogens with one attached hydrogen (secondary N) is 2. The molecule has 0 radical (unpaired) electrons. The summed E-state index contributed by atoms with van der Waals surface area (Å²) in [5.41, 5.74) is 1.43. The molecule has 2 rings (SSSR count). The van der Waals surface area contributed by atoms with Crippen LogP contribution in [-0.4, -0.2) is 27.6 Å². The zero-order valence-corrected chi connectivity index (χ0v) is 11.5. The van der Waals surface area contributed by atoms with Crippen molar-refractivity contribution in [1.29, 1.82) is 0 Å². The third-order valence-electron chi connectivity index (χ3n) is 2.67. The normalized spacial score (nSPS) is 10.3. The Morgan fingerprint density at radius 1 is 1.35 bits per heavy atom. The van der Waals surface area contributed by atoms with Gasteiger partial charge in [0.05, 0.1) is 6.54 Å². The predicted octanol–water partition coefficient (Wildman–Crippen LogP) is 1.39. The second-order valence-electron chi connectivity index (χ2n) is 4.15. The van der Waals surface area contributed by atoms with Crippen molar-refractivity contribution in [3.05, 3.63) is 35.6 Å². The number of aryl methyl sites for hydroxylation is 1. The lowest BCUT2D eigenvalue weighted by Gasteiger charge is -2.08. The van der Waals surface area contributed by atoms with E-state index in [1.807, 2.05) is 13.8 Å². The van der Waals surface area contributed by atoms with Gasteiger partial charge in [-0.25, -0.2) is 4.98 Å². The van der Waals surface area contributed by atoms with Gasteiger partial charge >= 0.3 is 0 Å². The molecule has 0 saturated carbocycles. The third-order valence-corrected chi connectivity index (χ3v) is 2.67. The molecule has 0 aliphatic heterocycles. The van der Waals surface area contributed by atoms with E-state index >= 15 is 0 Å². The van der Waals surface area contributed by atoms with Gasteiger partial charge in [-0.05, 0) is 25.5 Å². The zero-order valence-electron chi connectivity index (χ0n) is 11.5. The molecule has 0 saturated heterocycles. The first-order chi connectivity index (χ1) is 9.72. The zero-order chi connectivity index (χ0) is 14.4. The van der Waals surface area contributed by atoms with E-state index in [1.165, 1.54) is 6.39 Å². The monoisotopic (exact) mass is 275 g/mol. The van der Waals surface area contributed by atoms with Crippen LogP contribution in [0, 0.1) is 0 Å². The van der Waals surface area contributed by atoms with Gasteiger partial charge in [0.1, 0.15) is 5.82 Å². The van der Waals surface area contributed by atoms with E-state index in [4.69, 9.17) is 0 Å². The number of carbonyl (C=O) groups excluding carboxylic acids is 1. The number of amides is 1. The van der Waals surface area contributed by atoms with Crippen molar-refractivity contribution in [2.45, 2.75) is 26.8 Å². The summed E-state index contributed by atoms with van der Waals surface area (Å²) in [6.45, 7) is 4.97. The molecular formula is C13H17N5O2. The second kappa shape index (κ2) is 6.65. The van der Waals surface area contributed by atoms with Crippen molar-refractivity contribution >= 4 is 11.7 Å². The highest BCUT2D eigenvalue weighted by atomic mass is 16.5. The number of hydrogen-bond acceptors (Lipinski definition) is 6. The molecule has 0 spiro atoms. The average Bonchev–Trinajstić information content (AvgIpc) is 2.98. The van der Waals surface area contributed by atoms with Gasteiger partial charge in [-0.3, -0.25) is 4.79 Å². The number of aromatic nitrogens is 3. The average molecular weight is 275 g/mol. The number of hydrogen-bond donors (Lipinski definition) is 2. The van der Waals surface area contributed by atoms with Crippen LogP contribution in [0.15, 0.2) is 23.0 Å². The van der Waals surface area contributed by atoms with Crippen LogP contribution in [-0.2, 0) is 13.0 Å². The highest BCUT2D eigenvalue weighted by molar-refractivity contribution is 5.94. The lowest BCUT2D eigenvalue weighted by molar-refractivity contribution is 0.0949. The fraction of sp³-hybridized carbons (Fsp3) is 0.385. The van der Waals surface area contributed by atoms with Crippen molar-refractivity contribution in [2.24, 2.45) is 0 Å². The van der Waals surface area contributed by atoms with Crippen LogP contribution in [0.1, 0.15) is 35.7 Å². The molecule has 0 aromatic carbocycles. The maximum Gasteiger partial charge on any atom is 0.251 e. The number of rotatable bonds is 6.